The molecule has 3 rings (SSSR count). The molecule has 2 atom stereocenters. The van der Waals surface area contributed by atoms with Crippen LogP contribution in [0, 0.1) is 5.92 Å². The van der Waals surface area contributed by atoms with Gasteiger partial charge in [0.25, 0.3) is 0 Å². The van der Waals surface area contributed by atoms with Gasteiger partial charge in [-0.15, -0.1) is 0 Å². The lowest BCUT2D eigenvalue weighted by molar-refractivity contribution is 0.114. The van der Waals surface area contributed by atoms with E-state index in [9.17, 15) is 5.11 Å². The van der Waals surface area contributed by atoms with Gasteiger partial charge in [-0.1, -0.05) is 13.0 Å². The molecule has 0 aromatic heterocycles. The van der Waals surface area contributed by atoms with E-state index in [4.69, 9.17) is 9.47 Å². The van der Waals surface area contributed by atoms with Crippen LogP contribution in [-0.4, -0.2) is 36.4 Å². The smallest absolute Gasteiger partial charge is 0.231 e. The van der Waals surface area contributed by atoms with Crippen molar-refractivity contribution in [3.8, 4) is 11.5 Å². The van der Waals surface area contributed by atoms with Gasteiger partial charge >= 0.3 is 0 Å². The minimum absolute atomic E-state index is 0.277. The number of ether oxygens (including phenoxy) is 2. The molecule has 4 nitrogen and oxygen atoms in total. The molecule has 2 aliphatic heterocycles. The van der Waals surface area contributed by atoms with Gasteiger partial charge in [-0.2, -0.15) is 0 Å². The molecule has 1 N–H and O–H groups in total. The molecule has 0 amide bonds. The lowest BCUT2D eigenvalue weighted by Gasteiger charge is -2.23. The summed E-state index contributed by atoms with van der Waals surface area (Å²) >= 11 is 0. The SMILES string of the molecule is CC1CCCN(CC(O)c2ccc3c(c2)OCO3)CC1. The average Bonchev–Trinajstić information content (AvgIpc) is 2.82. The first kappa shape index (κ1) is 13.7. The number of aliphatic hydroxyl groups is 1. The van der Waals surface area contributed by atoms with Gasteiger partial charge in [-0.3, -0.25) is 0 Å². The van der Waals surface area contributed by atoms with E-state index in [0.29, 0.717) is 6.54 Å². The van der Waals surface area contributed by atoms with Crippen molar-refractivity contribution in [2.45, 2.75) is 32.3 Å². The monoisotopic (exact) mass is 277 g/mol. The van der Waals surface area contributed by atoms with Gasteiger partial charge in [-0.05, 0) is 56.0 Å². The summed E-state index contributed by atoms with van der Waals surface area (Å²) in [5.41, 5.74) is 0.909. The van der Waals surface area contributed by atoms with Crippen molar-refractivity contribution in [2.75, 3.05) is 26.4 Å². The van der Waals surface area contributed by atoms with Crippen LogP contribution in [0.1, 0.15) is 37.9 Å². The van der Waals surface area contributed by atoms with Gasteiger partial charge in [-0.25, -0.2) is 0 Å². The molecule has 2 aliphatic rings. The molecule has 0 radical (unpaired) electrons. The van der Waals surface area contributed by atoms with Gasteiger partial charge in [0.05, 0.1) is 6.10 Å². The van der Waals surface area contributed by atoms with Crippen LogP contribution in [0.25, 0.3) is 0 Å². The van der Waals surface area contributed by atoms with Gasteiger partial charge in [0, 0.05) is 6.54 Å². The number of nitrogens with zero attached hydrogens (tertiary/aromatic N) is 1. The number of hydrogen-bond donors (Lipinski definition) is 1. The Hall–Kier alpha value is -1.26. The molecule has 1 fully saturated rings. The number of rotatable bonds is 3. The molecule has 20 heavy (non-hydrogen) atoms. The predicted molar refractivity (Wildman–Crippen MR) is 77.0 cm³/mol. The number of hydrogen-bond acceptors (Lipinski definition) is 4. The van der Waals surface area contributed by atoms with Gasteiger partial charge in [0.1, 0.15) is 0 Å². The lowest BCUT2D eigenvalue weighted by atomic mass is 10.0. The minimum atomic E-state index is -0.460. The van der Waals surface area contributed by atoms with Gasteiger partial charge < -0.3 is 19.5 Å². The minimum Gasteiger partial charge on any atom is -0.454 e. The normalized spacial score (nSPS) is 24.4. The van der Waals surface area contributed by atoms with Crippen LogP contribution in [-0.2, 0) is 0 Å². The Morgan fingerprint density at radius 3 is 3.00 bits per heavy atom. The first-order valence-electron chi connectivity index (χ1n) is 7.52. The van der Waals surface area contributed by atoms with E-state index >= 15 is 0 Å². The van der Waals surface area contributed by atoms with Crippen LogP contribution < -0.4 is 9.47 Å². The van der Waals surface area contributed by atoms with E-state index in [-0.39, 0.29) is 6.79 Å². The molecule has 0 aliphatic carbocycles. The number of β-amino-alcohol motifs (C(OH)–C–C–N with tert-alkyl or cyclic N) is 1. The Bertz CT molecular complexity index is 463. The van der Waals surface area contributed by atoms with E-state index in [1.54, 1.807) is 0 Å². The van der Waals surface area contributed by atoms with Crippen LogP contribution >= 0.6 is 0 Å². The van der Waals surface area contributed by atoms with Gasteiger partial charge in [0.2, 0.25) is 6.79 Å². The zero-order chi connectivity index (χ0) is 13.9. The van der Waals surface area contributed by atoms with Crippen molar-refractivity contribution >= 4 is 0 Å². The van der Waals surface area contributed by atoms with E-state index in [2.05, 4.69) is 11.8 Å². The third kappa shape index (κ3) is 3.07. The van der Waals surface area contributed by atoms with E-state index < -0.39 is 6.10 Å². The largest absolute Gasteiger partial charge is 0.454 e. The molecular weight excluding hydrogens is 254 g/mol. The standard InChI is InChI=1S/C16H23NO3/c1-12-3-2-7-17(8-6-12)10-14(18)13-4-5-15-16(9-13)20-11-19-15/h4-5,9,12,14,18H,2-3,6-8,10-11H2,1H3. The molecule has 1 saturated heterocycles. The second-order valence-corrected chi connectivity index (χ2v) is 5.97. The Kier molecular flexibility index (Phi) is 4.13. The van der Waals surface area contributed by atoms with Crippen LogP contribution in [0.3, 0.4) is 0 Å². The maximum atomic E-state index is 10.4. The molecule has 1 aromatic carbocycles. The average molecular weight is 277 g/mol. The first-order valence-corrected chi connectivity index (χ1v) is 7.52. The highest BCUT2D eigenvalue weighted by Gasteiger charge is 2.20. The lowest BCUT2D eigenvalue weighted by Crippen LogP contribution is -2.29. The van der Waals surface area contributed by atoms with E-state index in [1.165, 1.54) is 19.3 Å². The molecule has 4 heteroatoms. The summed E-state index contributed by atoms with van der Waals surface area (Å²) < 4.78 is 10.7. The van der Waals surface area contributed by atoms with Gasteiger partial charge in [0.15, 0.2) is 11.5 Å². The van der Waals surface area contributed by atoms with Crippen LogP contribution in [0.4, 0.5) is 0 Å². The van der Waals surface area contributed by atoms with Crippen molar-refractivity contribution in [1.82, 2.24) is 4.90 Å². The van der Waals surface area contributed by atoms with Crippen molar-refractivity contribution in [3.63, 3.8) is 0 Å². The highest BCUT2D eigenvalue weighted by molar-refractivity contribution is 5.45. The van der Waals surface area contributed by atoms with Crippen molar-refractivity contribution < 1.29 is 14.6 Å². The molecule has 0 bridgehead atoms. The molecule has 1 aromatic rings. The molecular formula is C16H23NO3. The molecule has 0 spiro atoms. The Morgan fingerprint density at radius 1 is 1.25 bits per heavy atom. The van der Waals surface area contributed by atoms with E-state index in [0.717, 1.165) is 36.1 Å². The summed E-state index contributed by atoms with van der Waals surface area (Å²) in [6, 6.07) is 5.71. The number of fused-ring (bicyclic) bond motifs is 1. The third-order valence-electron chi connectivity index (χ3n) is 4.32. The summed E-state index contributed by atoms with van der Waals surface area (Å²) in [5.74, 6) is 2.32. The first-order chi connectivity index (χ1) is 9.72. The number of aliphatic hydroxyl groups excluding tert-OH is 1. The maximum absolute atomic E-state index is 10.4. The summed E-state index contributed by atoms with van der Waals surface area (Å²) in [6.45, 7) is 5.47. The second-order valence-electron chi connectivity index (χ2n) is 5.97. The Labute approximate surface area is 120 Å². The van der Waals surface area contributed by atoms with Crippen molar-refractivity contribution in [2.24, 2.45) is 5.92 Å². The fourth-order valence-electron chi connectivity index (χ4n) is 2.98. The zero-order valence-corrected chi connectivity index (χ0v) is 12.0. The van der Waals surface area contributed by atoms with Crippen molar-refractivity contribution in [1.29, 1.82) is 0 Å². The van der Waals surface area contributed by atoms with Crippen LogP contribution in [0.15, 0.2) is 18.2 Å². The second kappa shape index (κ2) is 6.02. The Morgan fingerprint density at radius 2 is 2.10 bits per heavy atom. The predicted octanol–water partition coefficient (Wildman–Crippen LogP) is 2.57. The summed E-state index contributed by atoms with van der Waals surface area (Å²) in [6.07, 6.45) is 3.30. The summed E-state index contributed by atoms with van der Waals surface area (Å²) in [5, 5.41) is 10.4. The zero-order valence-electron chi connectivity index (χ0n) is 12.0. The third-order valence-corrected chi connectivity index (χ3v) is 4.32. The van der Waals surface area contributed by atoms with E-state index in [1.807, 2.05) is 18.2 Å². The maximum Gasteiger partial charge on any atom is 0.231 e. The number of benzene rings is 1. The quantitative estimate of drug-likeness (QED) is 0.922. The number of likely N-dealkylation sites (tertiary alicyclic amines) is 1. The summed E-state index contributed by atoms with van der Waals surface area (Å²) in [4.78, 5) is 2.37. The highest BCUT2D eigenvalue weighted by Crippen LogP contribution is 2.34. The summed E-state index contributed by atoms with van der Waals surface area (Å²) in [7, 11) is 0. The van der Waals surface area contributed by atoms with Crippen LogP contribution in [0.2, 0.25) is 0 Å². The molecule has 2 heterocycles. The van der Waals surface area contributed by atoms with Crippen LogP contribution in [0.5, 0.6) is 11.5 Å². The van der Waals surface area contributed by atoms with Crippen molar-refractivity contribution in [3.05, 3.63) is 23.8 Å². The topological polar surface area (TPSA) is 41.9 Å². The highest BCUT2D eigenvalue weighted by atomic mass is 16.7. The fourth-order valence-corrected chi connectivity index (χ4v) is 2.98. The molecule has 2 unspecified atom stereocenters. The fraction of sp³-hybridized carbons (Fsp3) is 0.625. The molecule has 110 valence electrons. The Balaban J connectivity index is 1.62. The molecule has 0 saturated carbocycles.